The molecule has 1 aliphatic carbocycles. The van der Waals surface area contributed by atoms with Crippen LogP contribution in [0.3, 0.4) is 0 Å². The van der Waals surface area contributed by atoms with Crippen LogP contribution in [-0.4, -0.2) is 7.11 Å². The summed E-state index contributed by atoms with van der Waals surface area (Å²) in [5.41, 5.74) is 2.83. The van der Waals surface area contributed by atoms with E-state index in [0.29, 0.717) is 0 Å². The molecule has 1 nitrogen and oxygen atoms in total. The van der Waals surface area contributed by atoms with Crippen molar-refractivity contribution in [3.05, 3.63) is 47.2 Å². The Morgan fingerprint density at radius 1 is 1.17 bits per heavy atom. The minimum absolute atomic E-state index is 0.951. The molecule has 0 heterocycles. The Bertz CT molecular complexity index is 313. The molecule has 0 radical (unpaired) electrons. The molecule has 62 valence electrons. The molecule has 1 aromatic rings. The van der Waals surface area contributed by atoms with Crippen molar-refractivity contribution < 1.29 is 4.74 Å². The average Bonchev–Trinajstić information content (AvgIpc) is 2.17. The lowest BCUT2D eigenvalue weighted by Gasteiger charge is -2.15. The first-order valence-electron chi connectivity index (χ1n) is 4.20. The Kier molecular flexibility index (Phi) is 1.86. The molecule has 0 spiro atoms. The number of fused-ring (bicyclic) bond motifs is 1. The van der Waals surface area contributed by atoms with Crippen molar-refractivity contribution >= 4 is 0 Å². The lowest BCUT2D eigenvalue weighted by Crippen LogP contribution is -2.03. The van der Waals surface area contributed by atoms with Gasteiger partial charge in [-0.15, -0.1) is 0 Å². The van der Waals surface area contributed by atoms with E-state index in [1.807, 2.05) is 0 Å². The first-order valence-corrected chi connectivity index (χ1v) is 4.20. The van der Waals surface area contributed by atoms with E-state index in [2.05, 4.69) is 30.3 Å². The minimum Gasteiger partial charge on any atom is -0.501 e. The quantitative estimate of drug-likeness (QED) is 0.612. The van der Waals surface area contributed by atoms with Gasteiger partial charge in [-0.25, -0.2) is 0 Å². The summed E-state index contributed by atoms with van der Waals surface area (Å²) in [7, 11) is 1.74. The summed E-state index contributed by atoms with van der Waals surface area (Å²) in [5, 5.41) is 0. The van der Waals surface area contributed by atoms with Gasteiger partial charge in [0.1, 0.15) is 0 Å². The Morgan fingerprint density at radius 3 is 2.67 bits per heavy atom. The van der Waals surface area contributed by atoms with Crippen molar-refractivity contribution in [2.45, 2.75) is 12.8 Å². The van der Waals surface area contributed by atoms with Gasteiger partial charge in [-0.3, -0.25) is 0 Å². The molecule has 0 bridgehead atoms. The third kappa shape index (κ3) is 1.22. The Hall–Kier alpha value is -1.24. The summed E-state index contributed by atoms with van der Waals surface area (Å²) < 4.78 is 5.21. The van der Waals surface area contributed by atoms with Crippen LogP contribution in [0.4, 0.5) is 0 Å². The Balaban J connectivity index is 2.31. The molecule has 0 unspecified atom stereocenters. The van der Waals surface area contributed by atoms with E-state index < -0.39 is 0 Å². The average molecular weight is 160 g/mol. The number of methoxy groups -OCH3 is 1. The van der Waals surface area contributed by atoms with Crippen LogP contribution < -0.4 is 0 Å². The number of hydrogen-bond acceptors (Lipinski definition) is 1. The third-order valence-corrected chi connectivity index (χ3v) is 2.29. The molecule has 1 aromatic carbocycles. The molecule has 0 amide bonds. The smallest absolute Gasteiger partial charge is 0.0962 e. The van der Waals surface area contributed by atoms with Gasteiger partial charge in [-0.05, 0) is 23.6 Å². The third-order valence-electron chi connectivity index (χ3n) is 2.29. The zero-order valence-electron chi connectivity index (χ0n) is 7.21. The largest absolute Gasteiger partial charge is 0.501 e. The molecule has 0 aromatic heterocycles. The van der Waals surface area contributed by atoms with Crippen LogP contribution in [-0.2, 0) is 17.6 Å². The molecule has 0 aliphatic heterocycles. The van der Waals surface area contributed by atoms with Crippen molar-refractivity contribution in [2.75, 3.05) is 7.11 Å². The monoisotopic (exact) mass is 160 g/mol. The van der Waals surface area contributed by atoms with E-state index in [4.69, 9.17) is 4.74 Å². The molecule has 0 saturated heterocycles. The summed E-state index contributed by atoms with van der Waals surface area (Å²) in [6.07, 6.45) is 4.12. The van der Waals surface area contributed by atoms with Crippen LogP contribution in [0.1, 0.15) is 11.1 Å². The van der Waals surface area contributed by atoms with Crippen LogP contribution in [0.5, 0.6) is 0 Å². The number of hydrogen-bond donors (Lipinski definition) is 0. The maximum absolute atomic E-state index is 5.21. The fourth-order valence-corrected chi connectivity index (χ4v) is 1.57. The molecule has 12 heavy (non-hydrogen) atoms. The van der Waals surface area contributed by atoms with E-state index >= 15 is 0 Å². The van der Waals surface area contributed by atoms with Gasteiger partial charge in [0, 0.05) is 6.42 Å². The second-order valence-electron chi connectivity index (χ2n) is 3.02. The second-order valence-corrected chi connectivity index (χ2v) is 3.02. The van der Waals surface area contributed by atoms with Crippen LogP contribution >= 0.6 is 0 Å². The fraction of sp³-hybridized carbons (Fsp3) is 0.273. The summed E-state index contributed by atoms with van der Waals surface area (Å²) in [4.78, 5) is 0. The topological polar surface area (TPSA) is 9.23 Å². The SMILES string of the molecule is COC1=CCc2ccccc2C1. The van der Waals surface area contributed by atoms with Crippen LogP contribution in [0.2, 0.25) is 0 Å². The number of rotatable bonds is 1. The number of benzene rings is 1. The maximum atomic E-state index is 5.21. The first-order chi connectivity index (χ1) is 5.90. The fourth-order valence-electron chi connectivity index (χ4n) is 1.57. The molecule has 1 heteroatoms. The first kappa shape index (κ1) is 7.41. The van der Waals surface area contributed by atoms with Crippen LogP contribution in [0.25, 0.3) is 0 Å². The highest BCUT2D eigenvalue weighted by molar-refractivity contribution is 5.35. The lowest BCUT2D eigenvalue weighted by atomic mass is 9.96. The predicted molar refractivity (Wildman–Crippen MR) is 48.9 cm³/mol. The minimum atomic E-state index is 0.951. The highest BCUT2D eigenvalue weighted by Crippen LogP contribution is 2.20. The summed E-state index contributed by atoms with van der Waals surface area (Å²) in [6.45, 7) is 0. The molecule has 0 saturated carbocycles. The van der Waals surface area contributed by atoms with Gasteiger partial charge in [-0.2, -0.15) is 0 Å². The highest BCUT2D eigenvalue weighted by Gasteiger charge is 2.09. The van der Waals surface area contributed by atoms with Crippen molar-refractivity contribution in [1.82, 2.24) is 0 Å². The van der Waals surface area contributed by atoms with Crippen LogP contribution in [0.15, 0.2) is 36.1 Å². The van der Waals surface area contributed by atoms with E-state index in [9.17, 15) is 0 Å². The van der Waals surface area contributed by atoms with Crippen molar-refractivity contribution in [2.24, 2.45) is 0 Å². The van der Waals surface area contributed by atoms with Gasteiger partial charge in [0.15, 0.2) is 0 Å². The van der Waals surface area contributed by atoms with Crippen molar-refractivity contribution in [3.8, 4) is 0 Å². The molecular formula is C11H12O. The molecule has 0 N–H and O–H groups in total. The van der Waals surface area contributed by atoms with E-state index in [1.54, 1.807) is 7.11 Å². The van der Waals surface area contributed by atoms with E-state index in [0.717, 1.165) is 18.6 Å². The summed E-state index contributed by atoms with van der Waals surface area (Å²) in [5.74, 6) is 1.09. The molecule has 0 atom stereocenters. The van der Waals surface area contributed by atoms with E-state index in [-0.39, 0.29) is 0 Å². The number of ether oxygens (including phenoxy) is 1. The number of allylic oxidation sites excluding steroid dienone is 2. The summed E-state index contributed by atoms with van der Waals surface area (Å²) >= 11 is 0. The van der Waals surface area contributed by atoms with Gasteiger partial charge in [0.2, 0.25) is 0 Å². The Labute approximate surface area is 72.7 Å². The van der Waals surface area contributed by atoms with Gasteiger partial charge in [-0.1, -0.05) is 24.3 Å². The maximum Gasteiger partial charge on any atom is 0.0962 e. The highest BCUT2D eigenvalue weighted by atomic mass is 16.5. The predicted octanol–water partition coefficient (Wildman–Crippen LogP) is 2.32. The zero-order valence-corrected chi connectivity index (χ0v) is 7.21. The van der Waals surface area contributed by atoms with Gasteiger partial charge < -0.3 is 4.74 Å². The molecule has 0 fully saturated rings. The lowest BCUT2D eigenvalue weighted by molar-refractivity contribution is 0.280. The van der Waals surface area contributed by atoms with Gasteiger partial charge in [0.05, 0.1) is 12.9 Å². The van der Waals surface area contributed by atoms with E-state index in [1.165, 1.54) is 11.1 Å². The second kappa shape index (κ2) is 3.02. The Morgan fingerprint density at radius 2 is 1.92 bits per heavy atom. The van der Waals surface area contributed by atoms with Crippen LogP contribution in [0, 0.1) is 0 Å². The summed E-state index contributed by atoms with van der Waals surface area (Å²) in [6, 6.07) is 8.52. The standard InChI is InChI=1S/C11H12O/c1-12-11-7-6-9-4-2-3-5-10(9)8-11/h2-5,7H,6,8H2,1H3. The molecule has 1 aliphatic rings. The molecular weight excluding hydrogens is 148 g/mol. The van der Waals surface area contributed by atoms with Gasteiger partial charge >= 0.3 is 0 Å². The zero-order chi connectivity index (χ0) is 8.39. The van der Waals surface area contributed by atoms with Crippen molar-refractivity contribution in [1.29, 1.82) is 0 Å². The molecule has 2 rings (SSSR count). The normalized spacial score (nSPS) is 14.9. The van der Waals surface area contributed by atoms with Gasteiger partial charge in [0.25, 0.3) is 0 Å². The van der Waals surface area contributed by atoms with Crippen molar-refractivity contribution in [3.63, 3.8) is 0 Å².